The highest BCUT2D eigenvalue weighted by molar-refractivity contribution is 5.76. The zero-order chi connectivity index (χ0) is 12.8. The molecule has 3 nitrogen and oxygen atoms in total. The highest BCUT2D eigenvalue weighted by Crippen LogP contribution is 2.32. The van der Waals surface area contributed by atoms with Crippen molar-refractivity contribution in [1.82, 2.24) is 4.98 Å². The SMILES string of the molecule is FC(F)(F)c1ccc2oc(-c3ccco3)nc2c1. The van der Waals surface area contributed by atoms with Crippen LogP contribution < -0.4 is 0 Å². The summed E-state index contributed by atoms with van der Waals surface area (Å²) in [5.41, 5.74) is -0.320. The van der Waals surface area contributed by atoms with Crippen molar-refractivity contribution in [3.05, 3.63) is 42.2 Å². The monoisotopic (exact) mass is 253 g/mol. The van der Waals surface area contributed by atoms with E-state index in [1.807, 2.05) is 0 Å². The fourth-order valence-electron chi connectivity index (χ4n) is 1.61. The third kappa shape index (κ3) is 1.75. The Hall–Kier alpha value is -2.24. The number of halogens is 3. The Labute approximate surface area is 98.8 Å². The van der Waals surface area contributed by atoms with Crippen LogP contribution in [0.15, 0.2) is 45.4 Å². The fourth-order valence-corrected chi connectivity index (χ4v) is 1.61. The lowest BCUT2D eigenvalue weighted by Gasteiger charge is -2.04. The number of oxazole rings is 1. The first-order valence-corrected chi connectivity index (χ1v) is 5.06. The molecule has 92 valence electrons. The lowest BCUT2D eigenvalue weighted by atomic mass is 10.2. The summed E-state index contributed by atoms with van der Waals surface area (Å²) >= 11 is 0. The van der Waals surface area contributed by atoms with Crippen LogP contribution in [0.2, 0.25) is 0 Å². The molecule has 1 aromatic carbocycles. The number of nitrogens with zero attached hydrogens (tertiary/aromatic N) is 1. The van der Waals surface area contributed by atoms with Crippen LogP contribution in [0.25, 0.3) is 22.8 Å². The van der Waals surface area contributed by atoms with Gasteiger partial charge >= 0.3 is 6.18 Å². The molecule has 0 unspecified atom stereocenters. The molecule has 0 atom stereocenters. The second-order valence-corrected chi connectivity index (χ2v) is 3.68. The molecule has 0 aliphatic rings. The van der Waals surface area contributed by atoms with Gasteiger partial charge in [-0.15, -0.1) is 0 Å². The second-order valence-electron chi connectivity index (χ2n) is 3.68. The molecule has 0 saturated carbocycles. The van der Waals surface area contributed by atoms with E-state index in [1.54, 1.807) is 12.1 Å². The van der Waals surface area contributed by atoms with Crippen LogP contribution in [-0.2, 0) is 6.18 Å². The van der Waals surface area contributed by atoms with Crippen LogP contribution in [0.3, 0.4) is 0 Å². The summed E-state index contributed by atoms with van der Waals surface area (Å²) in [5.74, 6) is 0.536. The smallest absolute Gasteiger partial charge is 0.416 e. The largest absolute Gasteiger partial charge is 0.459 e. The van der Waals surface area contributed by atoms with Gasteiger partial charge in [0.25, 0.3) is 5.89 Å². The Morgan fingerprint density at radius 1 is 1.11 bits per heavy atom. The fraction of sp³-hybridized carbons (Fsp3) is 0.0833. The van der Waals surface area contributed by atoms with Crippen molar-refractivity contribution < 1.29 is 22.0 Å². The number of alkyl halides is 3. The third-order valence-corrected chi connectivity index (χ3v) is 2.45. The van der Waals surface area contributed by atoms with E-state index in [4.69, 9.17) is 8.83 Å². The first-order chi connectivity index (χ1) is 8.54. The van der Waals surface area contributed by atoms with Crippen LogP contribution in [-0.4, -0.2) is 4.98 Å². The molecular formula is C12H6F3NO2. The summed E-state index contributed by atoms with van der Waals surface area (Å²) in [6.07, 6.45) is -2.96. The number of aromatic nitrogens is 1. The summed E-state index contributed by atoms with van der Waals surface area (Å²) in [5, 5.41) is 0. The zero-order valence-electron chi connectivity index (χ0n) is 8.86. The zero-order valence-corrected chi connectivity index (χ0v) is 8.86. The predicted octanol–water partition coefficient (Wildman–Crippen LogP) is 4.11. The molecule has 0 aliphatic heterocycles. The minimum atomic E-state index is -4.39. The molecule has 3 rings (SSSR count). The molecule has 18 heavy (non-hydrogen) atoms. The van der Waals surface area contributed by atoms with Crippen LogP contribution in [0.5, 0.6) is 0 Å². The summed E-state index contributed by atoms with van der Waals surface area (Å²) in [7, 11) is 0. The Morgan fingerprint density at radius 3 is 2.61 bits per heavy atom. The summed E-state index contributed by atoms with van der Waals surface area (Å²) in [6, 6.07) is 6.42. The topological polar surface area (TPSA) is 39.2 Å². The maximum Gasteiger partial charge on any atom is 0.416 e. The maximum absolute atomic E-state index is 12.5. The highest BCUT2D eigenvalue weighted by Gasteiger charge is 2.31. The van der Waals surface area contributed by atoms with Crippen molar-refractivity contribution in [3.8, 4) is 11.7 Å². The molecular weight excluding hydrogens is 247 g/mol. The van der Waals surface area contributed by atoms with E-state index < -0.39 is 11.7 Å². The second kappa shape index (κ2) is 3.63. The van der Waals surface area contributed by atoms with E-state index in [1.165, 1.54) is 12.3 Å². The number of hydrogen-bond donors (Lipinski definition) is 0. The molecule has 0 saturated heterocycles. The molecule has 0 N–H and O–H groups in total. The third-order valence-electron chi connectivity index (χ3n) is 2.45. The molecule has 0 bridgehead atoms. The van der Waals surface area contributed by atoms with Gasteiger partial charge in [-0.1, -0.05) is 0 Å². The Balaban J connectivity index is 2.13. The van der Waals surface area contributed by atoms with E-state index in [0.29, 0.717) is 5.76 Å². The van der Waals surface area contributed by atoms with Gasteiger partial charge in [-0.25, -0.2) is 4.98 Å². The first kappa shape index (κ1) is 10.9. The van der Waals surface area contributed by atoms with Gasteiger partial charge in [-0.2, -0.15) is 13.2 Å². The van der Waals surface area contributed by atoms with Gasteiger partial charge in [0.1, 0.15) is 5.52 Å². The van der Waals surface area contributed by atoms with Crippen molar-refractivity contribution in [3.63, 3.8) is 0 Å². The normalized spacial score (nSPS) is 12.2. The minimum absolute atomic E-state index is 0.149. The number of rotatable bonds is 1. The molecule has 0 amide bonds. The number of benzene rings is 1. The van der Waals surface area contributed by atoms with Gasteiger partial charge in [0.15, 0.2) is 11.3 Å². The number of hydrogen-bond acceptors (Lipinski definition) is 3. The van der Waals surface area contributed by atoms with Gasteiger partial charge in [0.05, 0.1) is 11.8 Å². The first-order valence-electron chi connectivity index (χ1n) is 5.06. The average molecular weight is 253 g/mol. The Morgan fingerprint density at radius 2 is 1.94 bits per heavy atom. The van der Waals surface area contributed by atoms with Gasteiger partial charge < -0.3 is 8.83 Å². The van der Waals surface area contributed by atoms with Crippen LogP contribution >= 0.6 is 0 Å². The lowest BCUT2D eigenvalue weighted by Crippen LogP contribution is -2.03. The highest BCUT2D eigenvalue weighted by atomic mass is 19.4. The van der Waals surface area contributed by atoms with Crippen LogP contribution in [0.4, 0.5) is 13.2 Å². The molecule has 0 radical (unpaired) electrons. The van der Waals surface area contributed by atoms with E-state index in [-0.39, 0.29) is 17.0 Å². The number of fused-ring (bicyclic) bond motifs is 1. The minimum Gasteiger partial charge on any atom is -0.459 e. The molecule has 0 aliphatic carbocycles. The Kier molecular flexibility index (Phi) is 2.19. The van der Waals surface area contributed by atoms with Gasteiger partial charge in [-0.05, 0) is 30.3 Å². The maximum atomic E-state index is 12.5. The van der Waals surface area contributed by atoms with Crippen molar-refractivity contribution in [2.75, 3.05) is 0 Å². The Bertz CT molecular complexity index is 683. The van der Waals surface area contributed by atoms with Crippen molar-refractivity contribution in [2.45, 2.75) is 6.18 Å². The summed E-state index contributed by atoms with van der Waals surface area (Å²) in [6.45, 7) is 0. The van der Waals surface area contributed by atoms with Crippen molar-refractivity contribution in [1.29, 1.82) is 0 Å². The predicted molar refractivity (Wildman–Crippen MR) is 56.7 cm³/mol. The van der Waals surface area contributed by atoms with Crippen LogP contribution in [0, 0.1) is 0 Å². The average Bonchev–Trinajstić information content (AvgIpc) is 2.95. The molecule has 3 aromatic rings. The van der Waals surface area contributed by atoms with Crippen LogP contribution in [0.1, 0.15) is 5.56 Å². The van der Waals surface area contributed by atoms with E-state index in [0.717, 1.165) is 12.1 Å². The van der Waals surface area contributed by atoms with Gasteiger partial charge in [0, 0.05) is 0 Å². The molecule has 6 heteroatoms. The van der Waals surface area contributed by atoms with Crippen molar-refractivity contribution in [2.24, 2.45) is 0 Å². The van der Waals surface area contributed by atoms with E-state index >= 15 is 0 Å². The van der Waals surface area contributed by atoms with E-state index in [2.05, 4.69) is 4.98 Å². The van der Waals surface area contributed by atoms with Gasteiger partial charge in [0.2, 0.25) is 0 Å². The molecule has 0 fully saturated rings. The van der Waals surface area contributed by atoms with Crippen molar-refractivity contribution >= 4 is 11.1 Å². The number of furan rings is 1. The summed E-state index contributed by atoms with van der Waals surface area (Å²) < 4.78 is 47.9. The molecule has 2 heterocycles. The lowest BCUT2D eigenvalue weighted by molar-refractivity contribution is -0.137. The van der Waals surface area contributed by atoms with Gasteiger partial charge in [-0.3, -0.25) is 0 Å². The standard InChI is InChI=1S/C12H6F3NO2/c13-12(14,15)7-3-4-9-8(6-7)16-11(18-9)10-2-1-5-17-10/h1-6H. The molecule has 0 spiro atoms. The quantitative estimate of drug-likeness (QED) is 0.655. The van der Waals surface area contributed by atoms with E-state index in [9.17, 15) is 13.2 Å². The summed E-state index contributed by atoms with van der Waals surface area (Å²) in [4.78, 5) is 3.97. The molecule has 2 aromatic heterocycles.